The molecule has 0 radical (unpaired) electrons. The minimum atomic E-state index is 0.0620. The Bertz CT molecular complexity index is 1040. The van der Waals surface area contributed by atoms with Crippen molar-refractivity contribution in [2.45, 2.75) is 31.2 Å². The van der Waals surface area contributed by atoms with Crippen LogP contribution in [0.2, 0.25) is 0 Å². The number of benzene rings is 2. The second kappa shape index (κ2) is 8.81. The molecule has 0 amide bonds. The zero-order valence-electron chi connectivity index (χ0n) is 18.5. The van der Waals surface area contributed by atoms with Crippen LogP contribution in [-0.4, -0.2) is 45.9 Å². The summed E-state index contributed by atoms with van der Waals surface area (Å²) in [5.74, 6) is 2.77. The molecule has 4 rings (SSSR count). The van der Waals surface area contributed by atoms with Gasteiger partial charge in [0.05, 0.1) is 28.4 Å². The van der Waals surface area contributed by atoms with Gasteiger partial charge >= 0.3 is 0 Å². The minimum absolute atomic E-state index is 0.0620. The average Bonchev–Trinajstić information content (AvgIpc) is 3.30. The van der Waals surface area contributed by atoms with Gasteiger partial charge in [-0.3, -0.25) is 0 Å². The Labute approximate surface area is 183 Å². The molecule has 0 aromatic heterocycles. The Hall–Kier alpha value is -3.33. The summed E-state index contributed by atoms with van der Waals surface area (Å²) < 4.78 is 22.0. The maximum absolute atomic E-state index is 10.2. The molecule has 1 saturated heterocycles. The van der Waals surface area contributed by atoms with Crippen LogP contribution >= 0.6 is 0 Å². The van der Waals surface area contributed by atoms with Crippen molar-refractivity contribution in [3.63, 3.8) is 0 Å². The van der Waals surface area contributed by atoms with E-state index in [0.717, 1.165) is 48.2 Å². The molecule has 2 aliphatic heterocycles. The first-order valence-electron chi connectivity index (χ1n) is 10.5. The van der Waals surface area contributed by atoms with E-state index in [2.05, 4.69) is 17.0 Å². The van der Waals surface area contributed by atoms with Crippen LogP contribution in [0.3, 0.4) is 0 Å². The van der Waals surface area contributed by atoms with Crippen LogP contribution in [0.4, 0.5) is 0 Å². The van der Waals surface area contributed by atoms with Gasteiger partial charge in [0.2, 0.25) is 0 Å². The fraction of sp³-hybridized carbons (Fsp3) is 0.400. The fourth-order valence-corrected chi connectivity index (χ4v) is 4.92. The summed E-state index contributed by atoms with van der Waals surface area (Å²) >= 11 is 0. The molecule has 1 fully saturated rings. The third kappa shape index (κ3) is 3.65. The van der Waals surface area contributed by atoms with Gasteiger partial charge in [-0.1, -0.05) is 12.1 Å². The third-order valence-corrected chi connectivity index (χ3v) is 6.39. The Balaban J connectivity index is 1.90. The quantitative estimate of drug-likeness (QED) is 0.680. The van der Waals surface area contributed by atoms with Gasteiger partial charge in [0.25, 0.3) is 0 Å². The Kier molecular flexibility index (Phi) is 5.94. The summed E-state index contributed by atoms with van der Waals surface area (Å²) in [6, 6.07) is 14.8. The maximum atomic E-state index is 10.2. The molecule has 2 aromatic rings. The molecule has 0 bridgehead atoms. The van der Waals surface area contributed by atoms with E-state index in [-0.39, 0.29) is 5.92 Å². The second-order valence-corrected chi connectivity index (χ2v) is 7.84. The molecule has 0 unspecified atom stereocenters. The maximum Gasteiger partial charge on any atom is 0.161 e. The van der Waals surface area contributed by atoms with Crippen molar-refractivity contribution in [1.82, 2.24) is 4.90 Å². The average molecular weight is 421 g/mol. The van der Waals surface area contributed by atoms with E-state index in [1.807, 2.05) is 30.3 Å². The van der Waals surface area contributed by atoms with Crippen LogP contribution in [0, 0.1) is 11.3 Å². The smallest absolute Gasteiger partial charge is 0.161 e. The van der Waals surface area contributed by atoms with Crippen molar-refractivity contribution in [3.8, 4) is 29.1 Å². The molecule has 162 valence electrons. The Morgan fingerprint density at radius 3 is 2.16 bits per heavy atom. The highest BCUT2D eigenvalue weighted by Crippen LogP contribution is 2.48. The molecular formula is C25H28N2O4. The Morgan fingerprint density at radius 2 is 1.52 bits per heavy atom. The third-order valence-electron chi connectivity index (χ3n) is 6.39. The number of ether oxygens (including phenoxy) is 4. The van der Waals surface area contributed by atoms with E-state index in [1.54, 1.807) is 28.4 Å². The summed E-state index contributed by atoms with van der Waals surface area (Å²) in [4.78, 5) is 2.28. The molecule has 0 aliphatic carbocycles. The highest BCUT2D eigenvalue weighted by Gasteiger charge is 2.39. The van der Waals surface area contributed by atoms with Crippen LogP contribution in [-0.2, 0) is 0 Å². The van der Waals surface area contributed by atoms with E-state index >= 15 is 0 Å². The number of allylic oxidation sites excluding steroid dienone is 2. The van der Waals surface area contributed by atoms with Crippen molar-refractivity contribution in [1.29, 1.82) is 5.26 Å². The topological polar surface area (TPSA) is 64.0 Å². The highest BCUT2D eigenvalue weighted by molar-refractivity contribution is 5.79. The van der Waals surface area contributed by atoms with Gasteiger partial charge in [0.1, 0.15) is 11.8 Å². The highest BCUT2D eigenvalue weighted by atomic mass is 16.5. The van der Waals surface area contributed by atoms with Gasteiger partial charge in [-0.2, -0.15) is 5.26 Å². The zero-order valence-corrected chi connectivity index (χ0v) is 18.5. The molecular weight excluding hydrogens is 392 g/mol. The SMILES string of the molecule is COc1ccc(C2=C(C#N)N3CCC[C@H]3C[C@H]2c2ccc(OC)c(OC)c2)cc1OC. The van der Waals surface area contributed by atoms with Gasteiger partial charge in [0, 0.05) is 24.1 Å². The van der Waals surface area contributed by atoms with Gasteiger partial charge in [-0.05, 0) is 54.7 Å². The monoisotopic (exact) mass is 420 g/mol. The van der Waals surface area contributed by atoms with Crippen LogP contribution in [0.15, 0.2) is 42.1 Å². The van der Waals surface area contributed by atoms with Crippen molar-refractivity contribution in [2.24, 2.45) is 0 Å². The lowest BCUT2D eigenvalue weighted by Crippen LogP contribution is -2.35. The van der Waals surface area contributed by atoms with E-state index < -0.39 is 0 Å². The predicted octanol–water partition coefficient (Wildman–Crippen LogP) is 4.61. The first-order chi connectivity index (χ1) is 15.1. The predicted molar refractivity (Wildman–Crippen MR) is 119 cm³/mol. The second-order valence-electron chi connectivity index (χ2n) is 7.84. The summed E-state index contributed by atoms with van der Waals surface area (Å²) in [7, 11) is 6.54. The number of rotatable bonds is 6. The zero-order chi connectivity index (χ0) is 22.0. The molecule has 0 N–H and O–H groups in total. The molecule has 0 saturated carbocycles. The summed E-state index contributed by atoms with van der Waals surface area (Å²) in [5, 5.41) is 10.2. The first-order valence-corrected chi connectivity index (χ1v) is 10.5. The van der Waals surface area contributed by atoms with Crippen molar-refractivity contribution in [3.05, 3.63) is 53.2 Å². The lowest BCUT2D eigenvalue weighted by Gasteiger charge is -2.38. The Morgan fingerprint density at radius 1 is 0.871 bits per heavy atom. The molecule has 2 heterocycles. The van der Waals surface area contributed by atoms with Gasteiger partial charge < -0.3 is 23.8 Å². The number of fused-ring (bicyclic) bond motifs is 1. The molecule has 31 heavy (non-hydrogen) atoms. The summed E-state index contributed by atoms with van der Waals surface area (Å²) in [5.41, 5.74) is 3.86. The lowest BCUT2D eigenvalue weighted by atomic mass is 9.78. The van der Waals surface area contributed by atoms with E-state index in [9.17, 15) is 5.26 Å². The van der Waals surface area contributed by atoms with Gasteiger partial charge in [0.15, 0.2) is 23.0 Å². The molecule has 2 aromatic carbocycles. The number of hydrogen-bond donors (Lipinski definition) is 0. The summed E-state index contributed by atoms with van der Waals surface area (Å²) in [6.45, 7) is 0.920. The fourth-order valence-electron chi connectivity index (χ4n) is 4.92. The van der Waals surface area contributed by atoms with Crippen LogP contribution in [0.5, 0.6) is 23.0 Å². The van der Waals surface area contributed by atoms with Gasteiger partial charge in [-0.15, -0.1) is 0 Å². The van der Waals surface area contributed by atoms with Crippen molar-refractivity contribution < 1.29 is 18.9 Å². The minimum Gasteiger partial charge on any atom is -0.493 e. The van der Waals surface area contributed by atoms with Crippen LogP contribution < -0.4 is 18.9 Å². The molecule has 0 spiro atoms. The number of nitrogens with zero attached hydrogens (tertiary/aromatic N) is 2. The molecule has 6 heteroatoms. The lowest BCUT2D eigenvalue weighted by molar-refractivity contribution is 0.293. The summed E-state index contributed by atoms with van der Waals surface area (Å²) in [6.07, 6.45) is 3.16. The molecule has 2 atom stereocenters. The van der Waals surface area contributed by atoms with E-state index in [0.29, 0.717) is 29.0 Å². The number of nitriles is 1. The number of methoxy groups -OCH3 is 4. The van der Waals surface area contributed by atoms with Gasteiger partial charge in [-0.25, -0.2) is 0 Å². The standard InChI is InChI=1S/C25H28N2O4/c1-28-21-9-7-16(12-23(21)30-3)19-14-18-6-5-11-27(18)20(15-26)25(19)17-8-10-22(29-2)24(13-17)31-4/h7-10,12-13,18-19H,5-6,11,14H2,1-4H3/t18-,19-/m0/s1. The van der Waals surface area contributed by atoms with Crippen molar-refractivity contribution >= 4 is 5.57 Å². The normalized spacial score (nSPS) is 20.2. The molecule has 2 aliphatic rings. The molecule has 6 nitrogen and oxygen atoms in total. The van der Waals surface area contributed by atoms with Crippen LogP contribution in [0.1, 0.15) is 36.3 Å². The first kappa shape index (κ1) is 20.9. The largest absolute Gasteiger partial charge is 0.493 e. The van der Waals surface area contributed by atoms with Crippen molar-refractivity contribution in [2.75, 3.05) is 35.0 Å². The van der Waals surface area contributed by atoms with Crippen LogP contribution in [0.25, 0.3) is 5.57 Å². The van der Waals surface area contributed by atoms with E-state index in [1.165, 1.54) is 0 Å². The van der Waals surface area contributed by atoms with E-state index in [4.69, 9.17) is 18.9 Å². The number of hydrogen-bond acceptors (Lipinski definition) is 6.